The molecule has 0 aromatic carbocycles. The normalized spacial score (nSPS) is 14.5. The van der Waals surface area contributed by atoms with Crippen LogP contribution in [0.3, 0.4) is 0 Å². The SMILES string of the molecule is Cc1ncn2ccc(Nc3ncnc4[nH]c(C5=CCN(C(=O)OC(C)(C)C)CC5)cc34)cc12. The van der Waals surface area contributed by atoms with Crippen molar-refractivity contribution < 1.29 is 9.53 Å². The van der Waals surface area contributed by atoms with Gasteiger partial charge in [-0.15, -0.1) is 0 Å². The summed E-state index contributed by atoms with van der Waals surface area (Å²) in [5.41, 5.74) is 5.34. The van der Waals surface area contributed by atoms with E-state index in [4.69, 9.17) is 4.74 Å². The van der Waals surface area contributed by atoms with Crippen LogP contribution < -0.4 is 5.32 Å². The third-order valence-electron chi connectivity index (χ3n) is 5.63. The maximum atomic E-state index is 12.3. The molecule has 5 rings (SSSR count). The van der Waals surface area contributed by atoms with Gasteiger partial charge >= 0.3 is 6.09 Å². The number of hydrogen-bond donors (Lipinski definition) is 2. The fourth-order valence-electron chi connectivity index (χ4n) is 3.95. The second-order valence-electron chi connectivity index (χ2n) is 9.24. The summed E-state index contributed by atoms with van der Waals surface area (Å²) in [7, 11) is 0. The first-order valence-corrected chi connectivity index (χ1v) is 11.0. The molecule has 33 heavy (non-hydrogen) atoms. The van der Waals surface area contributed by atoms with Crippen LogP contribution in [0.5, 0.6) is 0 Å². The molecule has 9 nitrogen and oxygen atoms in total. The minimum absolute atomic E-state index is 0.280. The van der Waals surface area contributed by atoms with Crippen LogP contribution in [0.4, 0.5) is 16.3 Å². The van der Waals surface area contributed by atoms with Gasteiger partial charge in [0, 0.05) is 30.7 Å². The number of aromatic nitrogens is 5. The number of aryl methyl sites for hydroxylation is 1. The number of anilines is 2. The van der Waals surface area contributed by atoms with E-state index in [-0.39, 0.29) is 6.09 Å². The van der Waals surface area contributed by atoms with Crippen molar-refractivity contribution >= 4 is 39.7 Å². The third-order valence-corrected chi connectivity index (χ3v) is 5.63. The van der Waals surface area contributed by atoms with Gasteiger partial charge in [0.25, 0.3) is 0 Å². The third kappa shape index (κ3) is 4.26. The van der Waals surface area contributed by atoms with Crippen LogP contribution in [0.15, 0.2) is 43.1 Å². The molecule has 0 aliphatic carbocycles. The highest BCUT2D eigenvalue weighted by Crippen LogP contribution is 2.29. The van der Waals surface area contributed by atoms with Crippen molar-refractivity contribution in [2.45, 2.75) is 39.7 Å². The first-order chi connectivity index (χ1) is 15.8. The summed E-state index contributed by atoms with van der Waals surface area (Å²) in [4.78, 5) is 30.7. The number of imidazole rings is 1. The number of amides is 1. The van der Waals surface area contributed by atoms with Gasteiger partial charge in [-0.2, -0.15) is 0 Å². The molecule has 9 heteroatoms. The quantitative estimate of drug-likeness (QED) is 0.475. The molecule has 0 fully saturated rings. The van der Waals surface area contributed by atoms with E-state index in [0.29, 0.717) is 13.1 Å². The number of carbonyl (C=O) groups is 1. The molecule has 4 aromatic rings. The van der Waals surface area contributed by atoms with E-state index in [0.717, 1.165) is 51.4 Å². The summed E-state index contributed by atoms with van der Waals surface area (Å²) in [5, 5.41) is 4.33. The molecule has 0 atom stereocenters. The molecule has 0 radical (unpaired) electrons. The number of rotatable bonds is 3. The Kier molecular flexibility index (Phi) is 5.03. The number of carbonyl (C=O) groups excluding carboxylic acids is 1. The van der Waals surface area contributed by atoms with E-state index < -0.39 is 5.60 Å². The summed E-state index contributed by atoms with van der Waals surface area (Å²) in [6.07, 6.45) is 7.85. The van der Waals surface area contributed by atoms with Gasteiger partial charge in [0.2, 0.25) is 0 Å². The van der Waals surface area contributed by atoms with Crippen LogP contribution in [-0.4, -0.2) is 54.0 Å². The second-order valence-corrected chi connectivity index (χ2v) is 9.24. The molecule has 0 bridgehead atoms. The number of pyridine rings is 1. The highest BCUT2D eigenvalue weighted by molar-refractivity contribution is 5.92. The van der Waals surface area contributed by atoms with E-state index in [2.05, 4.69) is 43.5 Å². The van der Waals surface area contributed by atoms with Gasteiger partial charge in [0.1, 0.15) is 23.4 Å². The Balaban J connectivity index is 1.37. The minimum atomic E-state index is -0.498. The summed E-state index contributed by atoms with van der Waals surface area (Å²) >= 11 is 0. The smallest absolute Gasteiger partial charge is 0.410 e. The molecule has 0 saturated carbocycles. The second kappa shape index (κ2) is 7.91. The Morgan fingerprint density at radius 2 is 2.06 bits per heavy atom. The summed E-state index contributed by atoms with van der Waals surface area (Å²) in [5.74, 6) is 0.732. The molecule has 1 amide bonds. The van der Waals surface area contributed by atoms with Crippen LogP contribution >= 0.6 is 0 Å². The van der Waals surface area contributed by atoms with Crippen molar-refractivity contribution in [3.63, 3.8) is 0 Å². The van der Waals surface area contributed by atoms with Crippen molar-refractivity contribution in [3.05, 3.63) is 54.5 Å². The molecule has 5 heterocycles. The molecule has 2 N–H and O–H groups in total. The zero-order valence-corrected chi connectivity index (χ0v) is 19.2. The van der Waals surface area contributed by atoms with Crippen LogP contribution in [0.2, 0.25) is 0 Å². The molecule has 0 unspecified atom stereocenters. The Bertz CT molecular complexity index is 1380. The van der Waals surface area contributed by atoms with Gasteiger partial charge in [0.05, 0.1) is 22.9 Å². The molecule has 170 valence electrons. The number of fused-ring (bicyclic) bond motifs is 2. The van der Waals surface area contributed by atoms with Gasteiger partial charge in [-0.05, 0) is 57.9 Å². The lowest BCUT2D eigenvalue weighted by molar-refractivity contribution is 0.0270. The largest absolute Gasteiger partial charge is 0.444 e. The summed E-state index contributed by atoms with van der Waals surface area (Å²) < 4.78 is 7.47. The molecular weight excluding hydrogens is 418 g/mol. The molecular formula is C24H27N7O2. The molecule has 4 aromatic heterocycles. The van der Waals surface area contributed by atoms with E-state index in [1.165, 1.54) is 0 Å². The standard InChI is InChI=1S/C24H27N7O2/c1-15-20-11-17(7-10-31(20)14-27-15)28-21-18-12-19(29-22(18)26-13-25-21)16-5-8-30(9-6-16)23(32)33-24(2,3)4/h5,7,10-14H,6,8-9H2,1-4H3,(H2,25,26,28,29). The van der Waals surface area contributed by atoms with E-state index in [9.17, 15) is 4.79 Å². The number of nitrogens with zero attached hydrogens (tertiary/aromatic N) is 5. The number of ether oxygens (including phenoxy) is 1. The lowest BCUT2D eigenvalue weighted by Gasteiger charge is -2.29. The number of aromatic amines is 1. The average molecular weight is 446 g/mol. The van der Waals surface area contributed by atoms with E-state index in [1.807, 2.05) is 44.4 Å². The molecule has 1 aliphatic heterocycles. The predicted molar refractivity (Wildman–Crippen MR) is 128 cm³/mol. The van der Waals surface area contributed by atoms with Crippen LogP contribution in [0.1, 0.15) is 38.6 Å². The van der Waals surface area contributed by atoms with Crippen LogP contribution in [-0.2, 0) is 4.74 Å². The van der Waals surface area contributed by atoms with Gasteiger partial charge in [-0.1, -0.05) is 6.08 Å². The van der Waals surface area contributed by atoms with Gasteiger partial charge < -0.3 is 24.3 Å². The van der Waals surface area contributed by atoms with Crippen molar-refractivity contribution in [2.24, 2.45) is 0 Å². The van der Waals surface area contributed by atoms with Crippen molar-refractivity contribution in [3.8, 4) is 0 Å². The fraction of sp³-hybridized carbons (Fsp3) is 0.333. The first-order valence-electron chi connectivity index (χ1n) is 11.0. The summed E-state index contributed by atoms with van der Waals surface area (Å²) in [6, 6.07) is 6.11. The van der Waals surface area contributed by atoms with Crippen molar-refractivity contribution in [2.75, 3.05) is 18.4 Å². The lowest BCUT2D eigenvalue weighted by atomic mass is 10.1. The zero-order valence-electron chi connectivity index (χ0n) is 19.2. The highest BCUT2D eigenvalue weighted by Gasteiger charge is 2.24. The zero-order chi connectivity index (χ0) is 23.2. The Labute approximate surface area is 191 Å². The maximum Gasteiger partial charge on any atom is 0.410 e. The minimum Gasteiger partial charge on any atom is -0.444 e. The number of hydrogen-bond acceptors (Lipinski definition) is 6. The van der Waals surface area contributed by atoms with Gasteiger partial charge in [0.15, 0.2) is 0 Å². The van der Waals surface area contributed by atoms with Gasteiger partial charge in [-0.3, -0.25) is 0 Å². The van der Waals surface area contributed by atoms with E-state index in [1.54, 1.807) is 17.6 Å². The van der Waals surface area contributed by atoms with Crippen molar-refractivity contribution in [1.82, 2.24) is 29.2 Å². The lowest BCUT2D eigenvalue weighted by Crippen LogP contribution is -2.39. The Morgan fingerprint density at radius 1 is 1.21 bits per heavy atom. The molecule has 0 spiro atoms. The average Bonchev–Trinajstić information content (AvgIpc) is 3.37. The monoisotopic (exact) mass is 445 g/mol. The predicted octanol–water partition coefficient (Wildman–Crippen LogP) is 4.68. The van der Waals surface area contributed by atoms with Gasteiger partial charge in [-0.25, -0.2) is 19.7 Å². The fourth-order valence-corrected chi connectivity index (χ4v) is 3.95. The Morgan fingerprint density at radius 3 is 2.82 bits per heavy atom. The van der Waals surface area contributed by atoms with Crippen molar-refractivity contribution in [1.29, 1.82) is 0 Å². The topological polar surface area (TPSA) is 100 Å². The highest BCUT2D eigenvalue weighted by atomic mass is 16.6. The maximum absolute atomic E-state index is 12.3. The van der Waals surface area contributed by atoms with Crippen LogP contribution in [0.25, 0.3) is 22.1 Å². The first kappa shape index (κ1) is 21.0. The number of H-pyrrole nitrogens is 1. The molecule has 1 aliphatic rings. The van der Waals surface area contributed by atoms with Crippen LogP contribution in [0, 0.1) is 6.92 Å². The molecule has 0 saturated heterocycles. The number of nitrogens with one attached hydrogen (secondary N) is 2. The summed E-state index contributed by atoms with van der Waals surface area (Å²) in [6.45, 7) is 8.74. The van der Waals surface area contributed by atoms with E-state index >= 15 is 0 Å². The Hall–Kier alpha value is -3.88.